The summed E-state index contributed by atoms with van der Waals surface area (Å²) in [5.74, 6) is 1.82. The van der Waals surface area contributed by atoms with E-state index in [0.717, 1.165) is 66.5 Å². The molecule has 0 saturated heterocycles. The van der Waals surface area contributed by atoms with Crippen LogP contribution in [0, 0.1) is 0 Å². The monoisotopic (exact) mass is 716 g/mol. The highest BCUT2D eigenvalue weighted by molar-refractivity contribution is 6.19. The zero-order valence-electron chi connectivity index (χ0n) is 30.2. The van der Waals surface area contributed by atoms with Crippen molar-refractivity contribution in [2.45, 2.75) is 0 Å². The smallest absolute Gasteiger partial charge is 0.164 e. The van der Waals surface area contributed by atoms with Gasteiger partial charge in [-0.2, -0.15) is 0 Å². The Balaban J connectivity index is 1.20. The molecule has 11 rings (SSSR count). The Bertz CT molecular complexity index is 3170. The van der Waals surface area contributed by atoms with Gasteiger partial charge in [0.2, 0.25) is 0 Å². The Labute approximate surface area is 322 Å². The van der Waals surface area contributed by atoms with Crippen LogP contribution < -0.4 is 0 Å². The molecule has 0 atom stereocenters. The highest BCUT2D eigenvalue weighted by Crippen LogP contribution is 2.45. The molecule has 0 amide bonds. The molecule has 0 unspecified atom stereocenters. The number of nitrogens with zero attached hydrogens (tertiary/aromatic N) is 4. The first-order valence-corrected chi connectivity index (χ1v) is 18.8. The van der Waals surface area contributed by atoms with Gasteiger partial charge in [-0.05, 0) is 46.5 Å². The summed E-state index contributed by atoms with van der Waals surface area (Å²) in [7, 11) is 0. The van der Waals surface area contributed by atoms with Crippen molar-refractivity contribution in [3.05, 3.63) is 194 Å². The van der Waals surface area contributed by atoms with E-state index in [4.69, 9.17) is 19.4 Å². The third kappa shape index (κ3) is 5.21. The van der Waals surface area contributed by atoms with E-state index in [0.29, 0.717) is 17.5 Å². The first kappa shape index (κ1) is 31.9. The summed E-state index contributed by atoms with van der Waals surface area (Å²) in [6.07, 6.45) is 0. The van der Waals surface area contributed by atoms with Crippen molar-refractivity contribution in [1.82, 2.24) is 19.5 Å². The summed E-state index contributed by atoms with van der Waals surface area (Å²) < 4.78 is 9.25. The Morgan fingerprint density at radius 3 is 1.50 bits per heavy atom. The predicted octanol–water partition coefficient (Wildman–Crippen LogP) is 13.2. The molecule has 0 aliphatic heterocycles. The van der Waals surface area contributed by atoms with Crippen LogP contribution in [0.3, 0.4) is 0 Å². The van der Waals surface area contributed by atoms with Gasteiger partial charge in [0, 0.05) is 44.3 Å². The van der Waals surface area contributed by atoms with Gasteiger partial charge in [0.05, 0.1) is 16.7 Å². The van der Waals surface area contributed by atoms with Gasteiger partial charge >= 0.3 is 0 Å². The molecule has 0 aliphatic carbocycles. The van der Waals surface area contributed by atoms with Gasteiger partial charge in [0.1, 0.15) is 11.2 Å². The van der Waals surface area contributed by atoms with Crippen LogP contribution in [0.25, 0.3) is 106 Å². The van der Waals surface area contributed by atoms with Crippen molar-refractivity contribution in [1.29, 1.82) is 0 Å². The second-order valence-electron chi connectivity index (χ2n) is 14.0. The number of furan rings is 1. The molecule has 11 aromatic rings. The van der Waals surface area contributed by atoms with E-state index >= 15 is 0 Å². The number of rotatable bonds is 6. The highest BCUT2D eigenvalue weighted by atomic mass is 16.3. The molecule has 0 radical (unpaired) electrons. The van der Waals surface area contributed by atoms with Gasteiger partial charge in [-0.15, -0.1) is 0 Å². The van der Waals surface area contributed by atoms with Crippen LogP contribution in [0.2, 0.25) is 0 Å². The van der Waals surface area contributed by atoms with E-state index in [9.17, 15) is 0 Å². The maximum atomic E-state index is 6.88. The molecule has 5 heteroatoms. The Kier molecular flexibility index (Phi) is 7.42. The van der Waals surface area contributed by atoms with Crippen molar-refractivity contribution in [3.8, 4) is 62.1 Å². The summed E-state index contributed by atoms with van der Waals surface area (Å²) >= 11 is 0. The minimum absolute atomic E-state index is 0.588. The average molecular weight is 717 g/mol. The van der Waals surface area contributed by atoms with Crippen molar-refractivity contribution in [3.63, 3.8) is 0 Å². The van der Waals surface area contributed by atoms with E-state index in [1.54, 1.807) is 0 Å². The summed E-state index contributed by atoms with van der Waals surface area (Å²) in [5, 5.41) is 4.40. The quantitative estimate of drug-likeness (QED) is 0.172. The molecule has 0 bridgehead atoms. The number of benzene rings is 8. The fraction of sp³-hybridized carbons (Fsp3) is 0. The van der Waals surface area contributed by atoms with E-state index in [-0.39, 0.29) is 0 Å². The highest BCUT2D eigenvalue weighted by Gasteiger charge is 2.23. The molecule has 8 aromatic carbocycles. The zero-order valence-corrected chi connectivity index (χ0v) is 30.2. The number of hydrogen-bond donors (Lipinski definition) is 0. The molecule has 3 heterocycles. The van der Waals surface area contributed by atoms with Crippen LogP contribution >= 0.6 is 0 Å². The number of para-hydroxylation sites is 1. The van der Waals surface area contributed by atoms with Crippen molar-refractivity contribution in [2.24, 2.45) is 0 Å². The number of aromatic nitrogens is 4. The molecule has 0 fully saturated rings. The molecular weight excluding hydrogens is 685 g/mol. The second-order valence-corrected chi connectivity index (χ2v) is 14.0. The average Bonchev–Trinajstić information content (AvgIpc) is 3.83. The topological polar surface area (TPSA) is 56.7 Å². The summed E-state index contributed by atoms with van der Waals surface area (Å²) in [6.45, 7) is 0. The zero-order chi connectivity index (χ0) is 37.0. The molecule has 5 nitrogen and oxygen atoms in total. The van der Waals surface area contributed by atoms with Gasteiger partial charge in [-0.1, -0.05) is 164 Å². The van der Waals surface area contributed by atoms with Crippen LogP contribution in [-0.2, 0) is 0 Å². The molecule has 0 N–H and O–H groups in total. The van der Waals surface area contributed by atoms with E-state index in [1.807, 2.05) is 72.8 Å². The van der Waals surface area contributed by atoms with E-state index in [2.05, 4.69) is 126 Å². The first-order valence-electron chi connectivity index (χ1n) is 18.8. The van der Waals surface area contributed by atoms with Crippen LogP contribution in [0.1, 0.15) is 0 Å². The largest absolute Gasteiger partial charge is 0.456 e. The van der Waals surface area contributed by atoms with Crippen LogP contribution in [0.4, 0.5) is 0 Å². The van der Waals surface area contributed by atoms with E-state index in [1.165, 1.54) is 21.9 Å². The first-order chi connectivity index (χ1) is 27.8. The Hall–Kier alpha value is -7.63. The molecular formula is C51H32N4O. The minimum Gasteiger partial charge on any atom is -0.456 e. The van der Waals surface area contributed by atoms with Gasteiger partial charge in [0.15, 0.2) is 17.5 Å². The van der Waals surface area contributed by atoms with Crippen molar-refractivity contribution in [2.75, 3.05) is 0 Å². The molecule has 56 heavy (non-hydrogen) atoms. The van der Waals surface area contributed by atoms with Crippen molar-refractivity contribution >= 4 is 43.7 Å². The Morgan fingerprint density at radius 2 is 0.839 bits per heavy atom. The lowest BCUT2D eigenvalue weighted by molar-refractivity contribution is 0.669. The lowest BCUT2D eigenvalue weighted by Crippen LogP contribution is -2.00. The normalized spacial score (nSPS) is 11.6. The molecule has 3 aromatic heterocycles. The fourth-order valence-electron chi connectivity index (χ4n) is 8.18. The van der Waals surface area contributed by atoms with Crippen molar-refractivity contribution < 1.29 is 4.42 Å². The van der Waals surface area contributed by atoms with Gasteiger partial charge in [-0.3, -0.25) is 0 Å². The van der Waals surface area contributed by atoms with Gasteiger partial charge < -0.3 is 8.98 Å². The standard InChI is InChI=1S/C51H32N4O/c1-5-17-33(18-6-1)38-26-15-29-43-46(38)39-25-13-14-28-42(39)55(43)37-31-41(34-19-7-2-8-20-34)48-45(32-37)56-44-30-16-27-40(47(44)48)51-53-49(35-21-9-3-10-22-35)52-50(54-51)36-23-11-4-12-24-36/h1-32H. The molecule has 0 saturated carbocycles. The molecule has 262 valence electrons. The fourth-order valence-corrected chi connectivity index (χ4v) is 8.18. The molecule has 0 spiro atoms. The maximum absolute atomic E-state index is 6.88. The minimum atomic E-state index is 0.588. The van der Waals surface area contributed by atoms with Gasteiger partial charge in [0.25, 0.3) is 0 Å². The van der Waals surface area contributed by atoms with Crippen LogP contribution in [-0.4, -0.2) is 19.5 Å². The van der Waals surface area contributed by atoms with Crippen LogP contribution in [0.15, 0.2) is 199 Å². The predicted molar refractivity (Wildman–Crippen MR) is 229 cm³/mol. The summed E-state index contributed by atoms with van der Waals surface area (Å²) in [6, 6.07) is 67.3. The number of fused-ring (bicyclic) bond motifs is 6. The third-order valence-corrected chi connectivity index (χ3v) is 10.6. The lowest BCUT2D eigenvalue weighted by Gasteiger charge is -2.13. The van der Waals surface area contributed by atoms with E-state index < -0.39 is 0 Å². The van der Waals surface area contributed by atoms with Gasteiger partial charge in [-0.25, -0.2) is 15.0 Å². The summed E-state index contributed by atoms with van der Waals surface area (Å²) in [5.41, 5.74) is 12.1. The third-order valence-electron chi connectivity index (χ3n) is 10.6. The number of hydrogen-bond acceptors (Lipinski definition) is 4. The SMILES string of the molecule is c1ccc(-c2nc(-c3ccccc3)nc(-c3cccc4oc5cc(-n6c7ccccc7c7c(-c8ccccc8)cccc76)cc(-c6ccccc6)c5c34)n2)cc1. The summed E-state index contributed by atoms with van der Waals surface area (Å²) in [4.78, 5) is 15.2. The maximum Gasteiger partial charge on any atom is 0.164 e. The second kappa shape index (κ2) is 13.0. The Morgan fingerprint density at radius 1 is 0.339 bits per heavy atom. The lowest BCUT2D eigenvalue weighted by atomic mass is 9.96. The van der Waals surface area contributed by atoms with Crippen LogP contribution in [0.5, 0.6) is 0 Å². The molecule has 0 aliphatic rings.